The number of hydrogen-bond acceptors (Lipinski definition) is 1. The maximum absolute atomic E-state index is 12.4. The van der Waals surface area contributed by atoms with E-state index in [0.717, 1.165) is 19.3 Å². The summed E-state index contributed by atoms with van der Waals surface area (Å²) >= 11 is 0. The molecule has 1 unspecified atom stereocenters. The predicted molar refractivity (Wildman–Crippen MR) is 52.0 cm³/mol. The van der Waals surface area contributed by atoms with Crippen LogP contribution in [0.2, 0.25) is 0 Å². The van der Waals surface area contributed by atoms with Gasteiger partial charge in [0.25, 0.3) is 0 Å². The predicted octanol–water partition coefficient (Wildman–Crippen LogP) is 3.48. The third-order valence-electron chi connectivity index (χ3n) is 2.38. The Morgan fingerprint density at radius 3 is 2.14 bits per heavy atom. The Morgan fingerprint density at radius 1 is 1.07 bits per heavy atom. The molecule has 2 N–H and O–H groups in total. The molecule has 0 bridgehead atoms. The highest BCUT2D eigenvalue weighted by molar-refractivity contribution is 4.68. The number of unbranched alkanes of at least 4 members (excludes halogenated alkanes) is 3. The van der Waals surface area contributed by atoms with Crippen molar-refractivity contribution >= 4 is 0 Å². The first kappa shape index (κ1) is 13.8. The van der Waals surface area contributed by atoms with E-state index >= 15 is 0 Å². The lowest BCUT2D eigenvalue weighted by Gasteiger charge is -2.19. The van der Waals surface area contributed by atoms with Crippen molar-refractivity contribution in [3.05, 3.63) is 0 Å². The molecule has 0 rings (SSSR count). The van der Waals surface area contributed by atoms with E-state index in [2.05, 4.69) is 0 Å². The van der Waals surface area contributed by atoms with Gasteiger partial charge in [-0.25, -0.2) is 0 Å². The van der Waals surface area contributed by atoms with E-state index in [9.17, 15) is 13.2 Å². The van der Waals surface area contributed by atoms with E-state index in [4.69, 9.17) is 5.73 Å². The third kappa shape index (κ3) is 6.24. The van der Waals surface area contributed by atoms with Crippen LogP contribution >= 0.6 is 0 Å². The van der Waals surface area contributed by atoms with Crippen LogP contribution in [-0.4, -0.2) is 12.7 Å². The molecule has 0 amide bonds. The van der Waals surface area contributed by atoms with Gasteiger partial charge >= 0.3 is 6.18 Å². The quantitative estimate of drug-likeness (QED) is 0.641. The van der Waals surface area contributed by atoms with Crippen molar-refractivity contribution in [2.24, 2.45) is 11.7 Å². The van der Waals surface area contributed by atoms with Crippen LogP contribution in [0.15, 0.2) is 0 Å². The minimum atomic E-state index is -4.06. The Balaban J connectivity index is 3.74. The van der Waals surface area contributed by atoms with E-state index < -0.39 is 12.1 Å². The number of hydrogen-bond donors (Lipinski definition) is 1. The average Bonchev–Trinajstić information content (AvgIpc) is 2.08. The van der Waals surface area contributed by atoms with E-state index in [1.807, 2.05) is 6.92 Å². The molecule has 1 nitrogen and oxygen atoms in total. The summed E-state index contributed by atoms with van der Waals surface area (Å²) in [7, 11) is 0. The van der Waals surface area contributed by atoms with Gasteiger partial charge in [-0.2, -0.15) is 13.2 Å². The second-order valence-electron chi connectivity index (χ2n) is 3.67. The van der Waals surface area contributed by atoms with Crippen molar-refractivity contribution < 1.29 is 13.2 Å². The zero-order valence-corrected chi connectivity index (χ0v) is 8.74. The number of rotatable bonds is 7. The molecular weight excluding hydrogens is 191 g/mol. The van der Waals surface area contributed by atoms with Gasteiger partial charge in [0.15, 0.2) is 0 Å². The van der Waals surface area contributed by atoms with Gasteiger partial charge in [0.2, 0.25) is 0 Å². The number of nitrogens with two attached hydrogens (primary N) is 1. The van der Waals surface area contributed by atoms with E-state index in [-0.39, 0.29) is 19.4 Å². The number of alkyl halides is 3. The Kier molecular flexibility index (Phi) is 6.97. The number of halogens is 3. The highest BCUT2D eigenvalue weighted by atomic mass is 19.4. The van der Waals surface area contributed by atoms with E-state index in [0.29, 0.717) is 6.42 Å². The lowest BCUT2D eigenvalue weighted by atomic mass is 9.97. The highest BCUT2D eigenvalue weighted by Crippen LogP contribution is 2.32. The fourth-order valence-electron chi connectivity index (χ4n) is 1.49. The summed E-state index contributed by atoms with van der Waals surface area (Å²) < 4.78 is 37.1. The van der Waals surface area contributed by atoms with Crippen LogP contribution in [0.3, 0.4) is 0 Å². The Morgan fingerprint density at radius 2 is 1.71 bits per heavy atom. The van der Waals surface area contributed by atoms with Crippen LogP contribution in [0.1, 0.15) is 45.4 Å². The molecule has 0 aromatic heterocycles. The molecule has 0 aliphatic rings. The second-order valence-corrected chi connectivity index (χ2v) is 3.67. The molecule has 14 heavy (non-hydrogen) atoms. The summed E-state index contributed by atoms with van der Waals surface area (Å²) in [6.07, 6.45) is -0.131. The van der Waals surface area contributed by atoms with Gasteiger partial charge in [0.05, 0.1) is 5.92 Å². The average molecular weight is 211 g/mol. The highest BCUT2D eigenvalue weighted by Gasteiger charge is 2.37. The smallest absolute Gasteiger partial charge is 0.330 e. The van der Waals surface area contributed by atoms with Gasteiger partial charge in [0, 0.05) is 0 Å². The first-order chi connectivity index (χ1) is 6.52. The summed E-state index contributed by atoms with van der Waals surface area (Å²) in [6.45, 7) is 2.17. The summed E-state index contributed by atoms with van der Waals surface area (Å²) in [6, 6.07) is 0. The van der Waals surface area contributed by atoms with Gasteiger partial charge in [-0.1, -0.05) is 32.6 Å². The molecule has 1 atom stereocenters. The summed E-state index contributed by atoms with van der Waals surface area (Å²) in [4.78, 5) is 0. The van der Waals surface area contributed by atoms with Gasteiger partial charge in [-0.3, -0.25) is 0 Å². The van der Waals surface area contributed by atoms with Crippen molar-refractivity contribution in [1.29, 1.82) is 0 Å². The van der Waals surface area contributed by atoms with Crippen LogP contribution in [0.25, 0.3) is 0 Å². The molecular formula is C10H20F3N. The molecule has 0 fully saturated rings. The molecule has 0 saturated carbocycles. The summed E-state index contributed by atoms with van der Waals surface area (Å²) in [5.74, 6) is -1.19. The van der Waals surface area contributed by atoms with Crippen molar-refractivity contribution in [2.75, 3.05) is 6.54 Å². The monoisotopic (exact) mass is 211 g/mol. The van der Waals surface area contributed by atoms with Crippen LogP contribution in [0.4, 0.5) is 13.2 Å². The van der Waals surface area contributed by atoms with Gasteiger partial charge in [-0.15, -0.1) is 0 Å². The Hall–Kier alpha value is -0.250. The standard InChI is InChI=1S/C10H20F3N/c1-2-3-4-5-6-9(7-8-14)10(11,12)13/h9H,2-8,14H2,1H3. The zero-order valence-electron chi connectivity index (χ0n) is 8.74. The van der Waals surface area contributed by atoms with Crippen LogP contribution in [-0.2, 0) is 0 Å². The van der Waals surface area contributed by atoms with Crippen molar-refractivity contribution in [3.63, 3.8) is 0 Å². The molecule has 0 aromatic carbocycles. The van der Waals surface area contributed by atoms with Crippen molar-refractivity contribution in [1.82, 2.24) is 0 Å². The second kappa shape index (κ2) is 7.10. The molecule has 0 spiro atoms. The van der Waals surface area contributed by atoms with Gasteiger partial charge in [-0.05, 0) is 19.4 Å². The third-order valence-corrected chi connectivity index (χ3v) is 2.38. The molecule has 0 aliphatic heterocycles. The molecule has 0 heterocycles. The molecule has 86 valence electrons. The Labute approximate surface area is 83.9 Å². The molecule has 0 aliphatic carbocycles. The lowest BCUT2D eigenvalue weighted by molar-refractivity contribution is -0.177. The van der Waals surface area contributed by atoms with Crippen LogP contribution in [0, 0.1) is 5.92 Å². The lowest BCUT2D eigenvalue weighted by Crippen LogP contribution is -2.25. The van der Waals surface area contributed by atoms with Crippen LogP contribution in [0.5, 0.6) is 0 Å². The Bertz CT molecular complexity index is 134. The fraction of sp³-hybridized carbons (Fsp3) is 1.00. The first-order valence-corrected chi connectivity index (χ1v) is 5.29. The van der Waals surface area contributed by atoms with Crippen LogP contribution < -0.4 is 5.73 Å². The zero-order chi connectivity index (χ0) is 11.0. The molecule has 0 radical (unpaired) electrons. The van der Waals surface area contributed by atoms with Crippen molar-refractivity contribution in [3.8, 4) is 0 Å². The molecule has 0 aromatic rings. The van der Waals surface area contributed by atoms with Gasteiger partial charge in [0.1, 0.15) is 0 Å². The maximum Gasteiger partial charge on any atom is 0.391 e. The first-order valence-electron chi connectivity index (χ1n) is 5.29. The largest absolute Gasteiger partial charge is 0.391 e. The van der Waals surface area contributed by atoms with Crippen molar-refractivity contribution in [2.45, 2.75) is 51.6 Å². The maximum atomic E-state index is 12.4. The normalized spacial score (nSPS) is 14.4. The SMILES string of the molecule is CCCCCCC(CCN)C(F)(F)F. The summed E-state index contributed by atoms with van der Waals surface area (Å²) in [5, 5.41) is 0. The molecule has 0 saturated heterocycles. The summed E-state index contributed by atoms with van der Waals surface area (Å²) in [5.41, 5.74) is 5.16. The van der Waals surface area contributed by atoms with Gasteiger partial charge < -0.3 is 5.73 Å². The van der Waals surface area contributed by atoms with E-state index in [1.54, 1.807) is 0 Å². The minimum absolute atomic E-state index is 0.0651. The minimum Gasteiger partial charge on any atom is -0.330 e. The fourth-order valence-corrected chi connectivity index (χ4v) is 1.49. The topological polar surface area (TPSA) is 26.0 Å². The van der Waals surface area contributed by atoms with E-state index in [1.165, 1.54) is 0 Å². The molecule has 4 heteroatoms.